The van der Waals surface area contributed by atoms with Crippen LogP contribution in [0.3, 0.4) is 0 Å². The zero-order chi connectivity index (χ0) is 90.0. The molecular formula is C87H87BBr3Cl4F6N19O5. The van der Waals surface area contributed by atoms with Crippen LogP contribution in [-0.4, -0.2) is 184 Å². The number of hydrogen-bond donors (Lipinski definition) is 2. The molecule has 6 aromatic heterocycles. The Bertz CT molecular complexity index is 5820. The maximum absolute atomic E-state index is 16.4. The highest BCUT2D eigenvalue weighted by molar-refractivity contribution is 9.69. The first-order valence-electron chi connectivity index (χ1n) is 39.4. The summed E-state index contributed by atoms with van der Waals surface area (Å²) >= 11 is 33.7. The minimum Gasteiger partial charge on any atom is -0.507 e. The maximum atomic E-state index is 16.4. The van der Waals surface area contributed by atoms with E-state index in [1.54, 1.807) is 78.5 Å². The van der Waals surface area contributed by atoms with E-state index < -0.39 is 51.6 Å². The average Bonchev–Trinajstić information content (AvgIpc) is 0.755. The second kappa shape index (κ2) is 44.5. The lowest BCUT2D eigenvalue weighted by Crippen LogP contribution is -2.54. The number of rotatable bonds is 21. The van der Waals surface area contributed by atoms with E-state index in [2.05, 4.69) is 129 Å². The van der Waals surface area contributed by atoms with Crippen molar-refractivity contribution >= 4 is 158 Å². The average molecular weight is 1990 g/mol. The molecule has 24 nitrogen and oxygen atoms in total. The number of fused-ring (bicyclic) bond motifs is 3. The number of benzene rings is 6. The summed E-state index contributed by atoms with van der Waals surface area (Å²) in [6.07, 6.45) is 16.6. The fraction of sp³-hybridized carbons (Fsp3) is 0.310. The van der Waals surface area contributed by atoms with Crippen LogP contribution in [0.25, 0.3) is 66.1 Å². The summed E-state index contributed by atoms with van der Waals surface area (Å²) in [7, 11) is 7.04. The number of carbonyl (C=O) groups is 2. The molecule has 3 saturated heterocycles. The zero-order valence-corrected chi connectivity index (χ0v) is 76.8. The van der Waals surface area contributed by atoms with Crippen LogP contribution >= 0.6 is 93.7 Å². The number of aromatic nitrogens is 12. The van der Waals surface area contributed by atoms with Crippen LogP contribution in [0.4, 0.5) is 43.8 Å². The van der Waals surface area contributed by atoms with Gasteiger partial charge in [0.05, 0.1) is 78.1 Å². The third-order valence-corrected chi connectivity index (χ3v) is 21.5. The Morgan fingerprint density at radius 2 is 0.800 bits per heavy atom. The quantitative estimate of drug-likeness (QED) is 0.0293. The second-order valence-electron chi connectivity index (χ2n) is 30.0. The molecule has 12 aromatic rings. The van der Waals surface area contributed by atoms with E-state index in [-0.39, 0.29) is 92.4 Å². The smallest absolute Gasteiger partial charge is 0.369 e. The zero-order valence-electron chi connectivity index (χ0n) is 69.1. The number of nitrogens with zero attached hydrogens (tertiary/aromatic N) is 19. The number of piperazine rings is 1. The van der Waals surface area contributed by atoms with Gasteiger partial charge in [0, 0.05) is 122 Å². The van der Waals surface area contributed by atoms with Crippen LogP contribution in [0, 0.1) is 46.7 Å². The highest BCUT2D eigenvalue weighted by Gasteiger charge is 2.34. The number of aromatic hydroxyl groups is 2. The van der Waals surface area contributed by atoms with Gasteiger partial charge in [-0.25, -0.2) is 86.2 Å². The predicted molar refractivity (Wildman–Crippen MR) is 490 cm³/mol. The lowest BCUT2D eigenvalue weighted by atomic mass is 9.98. The summed E-state index contributed by atoms with van der Waals surface area (Å²) in [5.74, 6) is 0.224. The Morgan fingerprint density at radius 1 is 0.480 bits per heavy atom. The summed E-state index contributed by atoms with van der Waals surface area (Å²) in [4.78, 5) is 89.4. The molecule has 0 bridgehead atoms. The van der Waals surface area contributed by atoms with Gasteiger partial charge < -0.3 is 34.5 Å². The van der Waals surface area contributed by atoms with E-state index in [1.807, 2.05) is 47.7 Å². The maximum Gasteiger partial charge on any atom is 0.369 e. The van der Waals surface area contributed by atoms with Gasteiger partial charge >= 0.3 is 3.18 Å². The molecule has 9 heterocycles. The van der Waals surface area contributed by atoms with Gasteiger partial charge in [-0.1, -0.05) is 80.0 Å². The molecule has 2 N–H and O–H groups in total. The Kier molecular flexibility index (Phi) is 34.1. The van der Waals surface area contributed by atoms with Crippen LogP contribution in [0.1, 0.15) is 81.4 Å². The Morgan fingerprint density at radius 3 is 1.11 bits per heavy atom. The van der Waals surface area contributed by atoms with Gasteiger partial charge in [-0.2, -0.15) is 0 Å². The third-order valence-electron chi connectivity index (χ3n) is 20.4. The molecule has 38 heteroatoms. The van der Waals surface area contributed by atoms with Crippen LogP contribution in [0.15, 0.2) is 153 Å². The summed E-state index contributed by atoms with van der Waals surface area (Å²) < 4.78 is 99.0. The number of anilines is 3. The van der Waals surface area contributed by atoms with Gasteiger partial charge in [-0.05, 0) is 162 Å². The molecule has 0 saturated carbocycles. The van der Waals surface area contributed by atoms with Gasteiger partial charge in [-0.15, -0.1) is 47.3 Å². The van der Waals surface area contributed by atoms with Crippen molar-refractivity contribution in [2.24, 2.45) is 11.8 Å². The number of halogens is 13. The topological polar surface area (TPSA) is 261 Å². The van der Waals surface area contributed by atoms with Gasteiger partial charge in [0.2, 0.25) is 11.1 Å². The van der Waals surface area contributed by atoms with Crippen LogP contribution in [-0.2, 0) is 48.9 Å². The summed E-state index contributed by atoms with van der Waals surface area (Å²) in [5.41, 5.74) is -1.20. The molecule has 125 heavy (non-hydrogen) atoms. The largest absolute Gasteiger partial charge is 0.507 e. The predicted octanol–water partition coefficient (Wildman–Crippen LogP) is 19.2. The lowest BCUT2D eigenvalue weighted by molar-refractivity contribution is -0.128. The lowest BCUT2D eigenvalue weighted by Gasteiger charge is -2.40. The molecule has 1 amide bonds. The minimum atomic E-state index is -0.875. The standard InChI is InChI=1S/C29H28ClF2N7O2.C28H29ClF2N6O.C27H27ClF2N6O.C3H3ClO.BBr3/c1-4-24(41)39-12-11-38(14-17(39)2)29-18-13-19(30)25(26-20(31)7-5-8-21(26)40)27(32)28(18)35-23(36-29)16-37(3)15-22-33-9-6-10-34-22;1-17-7-5-12-37(14-17)28-18-13-19(29)24(25-20(30)8-4-9-21(25)38-3)26(31)27(18)34-23(35-28)16-36(2)15-22-32-10-6-11-33-22;1-16-6-4-11-36(13-16)27-17-12-18(28)23(24-19(29)7-3-8-20(24)37)25(30)26(17)33-22(34-27)15-35(2)14-21-31-9-5-10-32-21;1-2-3(4)5;2-1(3)4/h4-10,13,17,40H,1,11-12,14-16H2,2-3H3;4,6,8-11,13,17H,5,7,12,14-16H2,1-3H3;3,5,7-10,12,16,37H,4,6,11,13-15H2,1-2H3;2H,1H2;/t2*17-;16-;;/m100../s1. The number of ether oxygens (including phenoxy) is 1. The SMILES string of the molecule is BrB(Br)Br.C=CC(=O)Cl.C=CC(=O)N1CCN(c2nc(CN(C)Cc3ncccn3)nc3c(F)c(-c4c(O)cccc4F)c(Cl)cc23)C[C@H]1C.COc1cccc(F)c1-c1c(Cl)cc2c(N3CCC[C@H](C)C3)nc(CN(C)Cc3ncccn3)nc2c1F.C[C@H]1CCCN(c2nc(CN(C)Cc3ncccn3)nc3c(F)c(-c4c(O)cccc4F)c(Cl)cc23)C1. The molecule has 654 valence electrons. The van der Waals surface area contributed by atoms with Gasteiger partial charge in [0.1, 0.15) is 104 Å². The molecule has 6 aromatic carbocycles. The number of phenolic OH excluding ortho intramolecular Hbond substituents is 2. The monoisotopic (exact) mass is 1980 g/mol. The van der Waals surface area contributed by atoms with E-state index >= 15 is 13.2 Å². The van der Waals surface area contributed by atoms with Crippen LogP contribution in [0.2, 0.25) is 15.1 Å². The molecule has 3 atom stereocenters. The Labute approximate surface area is 764 Å². The van der Waals surface area contributed by atoms with Crippen molar-refractivity contribution in [3.05, 3.63) is 238 Å². The first-order valence-corrected chi connectivity index (χ1v) is 43.7. The van der Waals surface area contributed by atoms with Crippen molar-refractivity contribution in [1.29, 1.82) is 0 Å². The van der Waals surface area contributed by atoms with Crippen molar-refractivity contribution in [3.8, 4) is 50.6 Å². The molecule has 15 rings (SSSR count). The van der Waals surface area contributed by atoms with E-state index in [1.165, 1.54) is 55.7 Å². The Balaban J connectivity index is 0.000000174. The Hall–Kier alpha value is -9.88. The molecule has 0 spiro atoms. The van der Waals surface area contributed by atoms with Gasteiger partial charge in [0.25, 0.3) is 0 Å². The van der Waals surface area contributed by atoms with Crippen molar-refractivity contribution < 1.29 is 50.9 Å². The minimum absolute atomic E-state index is 0.0218. The van der Waals surface area contributed by atoms with Crippen molar-refractivity contribution in [2.75, 3.05) is 88.8 Å². The summed E-state index contributed by atoms with van der Waals surface area (Å²) in [6.45, 7) is 19.6. The number of piperidine rings is 2. The number of methoxy groups -OCH3 is 1. The molecule has 3 fully saturated rings. The molecule has 3 aliphatic heterocycles. The second-order valence-corrected chi connectivity index (χ2v) is 38.0. The number of hydrogen-bond acceptors (Lipinski definition) is 23. The third kappa shape index (κ3) is 24.3. The fourth-order valence-electron chi connectivity index (χ4n) is 14.9. The highest BCUT2D eigenvalue weighted by atomic mass is 79.9. The van der Waals surface area contributed by atoms with E-state index in [0.717, 1.165) is 70.1 Å². The number of amides is 1. The van der Waals surface area contributed by atoms with E-state index in [0.29, 0.717) is 133 Å². The van der Waals surface area contributed by atoms with Crippen molar-refractivity contribution in [1.82, 2.24) is 79.4 Å². The number of phenols is 2. The normalized spacial score (nSPS) is 15.1. The van der Waals surface area contributed by atoms with Crippen LogP contribution in [0.5, 0.6) is 17.2 Å². The highest BCUT2D eigenvalue weighted by Crippen LogP contribution is 2.47. The molecule has 0 unspecified atom stereocenters. The van der Waals surface area contributed by atoms with Gasteiger partial charge in [0.15, 0.2) is 17.5 Å². The number of allylic oxidation sites excluding steroid dienone is 1. The number of carbonyl (C=O) groups excluding carboxylic acids is 2. The molecular weight excluding hydrogens is 1900 g/mol. The van der Waals surface area contributed by atoms with E-state index in [4.69, 9.17) is 66.1 Å². The fourth-order valence-corrected chi connectivity index (χ4v) is 15.8. The van der Waals surface area contributed by atoms with Gasteiger partial charge in [-0.3, -0.25) is 24.3 Å². The van der Waals surface area contributed by atoms with Crippen LogP contribution < -0.4 is 19.4 Å². The van der Waals surface area contributed by atoms with Crippen molar-refractivity contribution in [3.63, 3.8) is 0 Å². The molecule has 0 radical (unpaired) electrons. The molecule has 0 aliphatic carbocycles. The summed E-state index contributed by atoms with van der Waals surface area (Å²) in [5, 5.41) is 21.5. The van der Waals surface area contributed by atoms with E-state index in [9.17, 15) is 33.0 Å². The first kappa shape index (κ1) is 95.8. The first-order chi connectivity index (χ1) is 59.8. The summed E-state index contributed by atoms with van der Waals surface area (Å²) in [6, 6.07) is 21.6. The molecule has 3 aliphatic rings. The van der Waals surface area contributed by atoms with Crippen molar-refractivity contribution in [2.45, 2.75) is 91.8 Å².